The molecule has 27 heavy (non-hydrogen) atoms. The highest BCUT2D eigenvalue weighted by Gasteiger charge is 2.27. The van der Waals surface area contributed by atoms with Gasteiger partial charge in [-0.3, -0.25) is 9.59 Å². The van der Waals surface area contributed by atoms with Crippen LogP contribution in [0.15, 0.2) is 54.6 Å². The van der Waals surface area contributed by atoms with E-state index in [4.69, 9.17) is 15.2 Å². The highest BCUT2D eigenvalue weighted by atomic mass is 16.5. The Morgan fingerprint density at radius 1 is 1.15 bits per heavy atom. The third-order valence-corrected chi connectivity index (χ3v) is 4.47. The van der Waals surface area contributed by atoms with Gasteiger partial charge in [-0.1, -0.05) is 42.5 Å². The van der Waals surface area contributed by atoms with Gasteiger partial charge in [0.2, 0.25) is 11.8 Å². The molecule has 0 radical (unpaired) electrons. The van der Waals surface area contributed by atoms with E-state index in [1.807, 2.05) is 54.6 Å². The van der Waals surface area contributed by atoms with E-state index in [-0.39, 0.29) is 5.91 Å². The van der Waals surface area contributed by atoms with Crippen molar-refractivity contribution in [2.75, 3.05) is 6.61 Å². The van der Waals surface area contributed by atoms with Gasteiger partial charge < -0.3 is 20.5 Å². The third-order valence-electron chi connectivity index (χ3n) is 4.47. The Kier molecular flexibility index (Phi) is 6.44. The van der Waals surface area contributed by atoms with E-state index >= 15 is 0 Å². The molecule has 6 nitrogen and oxygen atoms in total. The number of ether oxygens (including phenoxy) is 2. The fourth-order valence-electron chi connectivity index (χ4n) is 3.01. The van der Waals surface area contributed by atoms with Crippen LogP contribution in [0, 0.1) is 0 Å². The summed E-state index contributed by atoms with van der Waals surface area (Å²) in [6.07, 6.45) is 1.32. The molecular formula is C21H24N2O4. The molecule has 3 N–H and O–H groups in total. The first-order chi connectivity index (χ1) is 13.1. The molecule has 0 aromatic heterocycles. The second kappa shape index (κ2) is 9.19. The van der Waals surface area contributed by atoms with Gasteiger partial charge in [-0.2, -0.15) is 0 Å². The molecular weight excluding hydrogens is 344 g/mol. The molecule has 0 spiro atoms. The van der Waals surface area contributed by atoms with Gasteiger partial charge >= 0.3 is 0 Å². The molecule has 1 saturated heterocycles. The zero-order valence-corrected chi connectivity index (χ0v) is 15.1. The predicted molar refractivity (Wildman–Crippen MR) is 101 cm³/mol. The molecule has 2 aromatic carbocycles. The predicted octanol–water partition coefficient (Wildman–Crippen LogP) is 1.96. The van der Waals surface area contributed by atoms with E-state index < -0.39 is 18.1 Å². The number of carbonyl (C=O) groups excluding carboxylic acids is 2. The summed E-state index contributed by atoms with van der Waals surface area (Å²) in [6.45, 7) is 1.03. The lowest BCUT2D eigenvalue weighted by Crippen LogP contribution is -2.49. The minimum absolute atomic E-state index is 0.284. The van der Waals surface area contributed by atoms with Crippen LogP contribution in [0.4, 0.5) is 0 Å². The zero-order chi connectivity index (χ0) is 19.1. The van der Waals surface area contributed by atoms with Crippen molar-refractivity contribution in [3.05, 3.63) is 65.7 Å². The summed E-state index contributed by atoms with van der Waals surface area (Å²) >= 11 is 0. The summed E-state index contributed by atoms with van der Waals surface area (Å²) in [5.41, 5.74) is 7.41. The van der Waals surface area contributed by atoms with Gasteiger partial charge in [-0.25, -0.2) is 0 Å². The first-order valence-electron chi connectivity index (χ1n) is 9.09. The summed E-state index contributed by atoms with van der Waals surface area (Å²) in [5.74, 6) is -0.158. The van der Waals surface area contributed by atoms with E-state index in [0.29, 0.717) is 31.8 Å². The second-order valence-corrected chi connectivity index (χ2v) is 6.59. The lowest BCUT2D eigenvalue weighted by molar-refractivity contribution is -0.133. The smallest absolute Gasteiger partial charge is 0.249 e. The maximum atomic E-state index is 12.2. The lowest BCUT2D eigenvalue weighted by Gasteiger charge is -2.18. The van der Waals surface area contributed by atoms with Crippen molar-refractivity contribution in [1.82, 2.24) is 5.32 Å². The topological polar surface area (TPSA) is 90.7 Å². The number of nitrogens with two attached hydrogens (primary N) is 1. The number of amides is 2. The quantitative estimate of drug-likeness (QED) is 0.745. The third kappa shape index (κ3) is 5.56. The molecule has 142 valence electrons. The average Bonchev–Trinajstić information content (AvgIpc) is 3.22. The molecule has 1 fully saturated rings. The van der Waals surface area contributed by atoms with Crippen LogP contribution in [0.5, 0.6) is 5.75 Å². The minimum atomic E-state index is -0.786. The van der Waals surface area contributed by atoms with Crippen LogP contribution in [-0.4, -0.2) is 30.6 Å². The van der Waals surface area contributed by atoms with Gasteiger partial charge in [-0.15, -0.1) is 0 Å². The summed E-state index contributed by atoms with van der Waals surface area (Å²) in [5, 5.41) is 2.70. The second-order valence-electron chi connectivity index (χ2n) is 6.59. The molecule has 0 bridgehead atoms. The van der Waals surface area contributed by atoms with Crippen LogP contribution in [0.2, 0.25) is 0 Å². The highest BCUT2D eigenvalue weighted by molar-refractivity contribution is 5.88. The van der Waals surface area contributed by atoms with Crippen LogP contribution in [0.25, 0.3) is 0 Å². The Bertz CT molecular complexity index is 773. The zero-order valence-electron chi connectivity index (χ0n) is 15.1. The van der Waals surface area contributed by atoms with Gasteiger partial charge in [0.1, 0.15) is 24.5 Å². The molecule has 6 heteroatoms. The first kappa shape index (κ1) is 18.9. The number of rotatable bonds is 8. The summed E-state index contributed by atoms with van der Waals surface area (Å²) < 4.78 is 11.2. The molecule has 1 heterocycles. The van der Waals surface area contributed by atoms with Crippen molar-refractivity contribution in [2.24, 2.45) is 5.73 Å². The van der Waals surface area contributed by atoms with Crippen molar-refractivity contribution in [2.45, 2.75) is 38.0 Å². The Morgan fingerprint density at radius 3 is 2.63 bits per heavy atom. The summed E-state index contributed by atoms with van der Waals surface area (Å²) in [6, 6.07) is 16.5. The van der Waals surface area contributed by atoms with Crippen molar-refractivity contribution in [3.8, 4) is 5.75 Å². The summed E-state index contributed by atoms with van der Waals surface area (Å²) in [4.78, 5) is 24.0. The van der Waals surface area contributed by atoms with E-state index in [9.17, 15) is 9.59 Å². The van der Waals surface area contributed by atoms with Crippen LogP contribution in [0.3, 0.4) is 0 Å². The normalized spacial score (nSPS) is 17.3. The van der Waals surface area contributed by atoms with Crippen LogP contribution >= 0.6 is 0 Å². The first-order valence-corrected chi connectivity index (χ1v) is 9.09. The maximum Gasteiger partial charge on any atom is 0.249 e. The summed E-state index contributed by atoms with van der Waals surface area (Å²) in [7, 11) is 0. The van der Waals surface area contributed by atoms with Crippen molar-refractivity contribution in [1.29, 1.82) is 0 Å². The molecule has 0 aliphatic carbocycles. The average molecular weight is 368 g/mol. The fourth-order valence-corrected chi connectivity index (χ4v) is 3.01. The molecule has 0 unspecified atom stereocenters. The fraction of sp³-hybridized carbons (Fsp3) is 0.333. The Labute approximate surface area is 158 Å². The van der Waals surface area contributed by atoms with E-state index in [2.05, 4.69) is 5.32 Å². The van der Waals surface area contributed by atoms with Gasteiger partial charge in [0, 0.05) is 13.0 Å². The van der Waals surface area contributed by atoms with Crippen molar-refractivity contribution in [3.63, 3.8) is 0 Å². The Balaban J connectivity index is 1.60. The lowest BCUT2D eigenvalue weighted by atomic mass is 10.0. The number of hydrogen-bond donors (Lipinski definition) is 2. The van der Waals surface area contributed by atoms with Gasteiger partial charge in [0.05, 0.1) is 0 Å². The van der Waals surface area contributed by atoms with E-state index in [1.165, 1.54) is 0 Å². The van der Waals surface area contributed by atoms with Crippen molar-refractivity contribution < 1.29 is 19.1 Å². The van der Waals surface area contributed by atoms with Crippen LogP contribution < -0.4 is 15.8 Å². The largest absolute Gasteiger partial charge is 0.489 e. The van der Waals surface area contributed by atoms with E-state index in [1.54, 1.807) is 0 Å². The highest BCUT2D eigenvalue weighted by Crippen LogP contribution is 2.17. The molecule has 2 amide bonds. The van der Waals surface area contributed by atoms with Crippen LogP contribution in [0.1, 0.15) is 24.0 Å². The molecule has 2 aromatic rings. The minimum Gasteiger partial charge on any atom is -0.489 e. The van der Waals surface area contributed by atoms with Crippen LogP contribution in [-0.2, 0) is 27.4 Å². The molecule has 0 saturated carbocycles. The van der Waals surface area contributed by atoms with Crippen molar-refractivity contribution >= 4 is 11.8 Å². The standard InChI is InChI=1S/C21H24N2O4/c22-20(24)18(23-21(25)19-10-5-11-26-19)13-16-8-4-9-17(12-16)27-14-15-6-2-1-3-7-15/h1-4,6-9,12,18-19H,5,10-11,13-14H2,(H2,22,24)(H,23,25)/t18-,19+/m1/s1. The SMILES string of the molecule is NC(=O)[C@@H](Cc1cccc(OCc2ccccc2)c1)NC(=O)[C@@H]1CCCO1. The molecule has 2 atom stereocenters. The van der Waals surface area contributed by atoms with Gasteiger partial charge in [-0.05, 0) is 36.1 Å². The van der Waals surface area contributed by atoms with Gasteiger partial charge in [0.25, 0.3) is 0 Å². The Hall–Kier alpha value is -2.86. The van der Waals surface area contributed by atoms with Gasteiger partial charge in [0.15, 0.2) is 0 Å². The molecule has 3 rings (SSSR count). The number of hydrogen-bond acceptors (Lipinski definition) is 4. The monoisotopic (exact) mass is 368 g/mol. The van der Waals surface area contributed by atoms with E-state index in [0.717, 1.165) is 17.5 Å². The maximum absolute atomic E-state index is 12.2. The number of carbonyl (C=O) groups is 2. The number of benzene rings is 2. The number of primary amides is 1. The molecule has 1 aliphatic rings. The Morgan fingerprint density at radius 2 is 1.93 bits per heavy atom. The molecule has 1 aliphatic heterocycles. The number of nitrogens with one attached hydrogen (secondary N) is 1.